The topological polar surface area (TPSA) is 99.9 Å². The molecule has 4 rings (SSSR count). The summed E-state index contributed by atoms with van der Waals surface area (Å²) in [6, 6.07) is 19.2. The lowest BCUT2D eigenvalue weighted by Crippen LogP contribution is -2.40. The average molecular weight is 463 g/mol. The number of benzene rings is 2. The number of anilines is 1. The van der Waals surface area contributed by atoms with E-state index in [1.54, 1.807) is 4.90 Å². The maximum Gasteiger partial charge on any atom is 0.246 e. The van der Waals surface area contributed by atoms with Crippen molar-refractivity contribution in [1.29, 1.82) is 0 Å². The van der Waals surface area contributed by atoms with Crippen molar-refractivity contribution in [3.8, 4) is 22.8 Å². The number of aliphatic hydroxyl groups excluding tert-OH is 2. The van der Waals surface area contributed by atoms with Crippen LogP contribution in [0.25, 0.3) is 11.3 Å². The lowest BCUT2D eigenvalue weighted by Gasteiger charge is -2.33. The van der Waals surface area contributed by atoms with Gasteiger partial charge in [0, 0.05) is 31.3 Å². The van der Waals surface area contributed by atoms with Crippen LogP contribution in [0.3, 0.4) is 0 Å². The molecule has 1 aliphatic heterocycles. The normalized spacial score (nSPS) is 16.6. The summed E-state index contributed by atoms with van der Waals surface area (Å²) < 4.78 is 7.77. The number of para-hydroxylation sites is 1. The van der Waals surface area contributed by atoms with Gasteiger partial charge in [-0.3, -0.25) is 4.79 Å². The number of aliphatic hydroxyl groups is 2. The van der Waals surface area contributed by atoms with Gasteiger partial charge in [-0.15, -0.1) is 0 Å². The number of hydrogen-bond acceptors (Lipinski definition) is 6. The molecule has 0 radical (unpaired) electrons. The highest BCUT2D eigenvalue weighted by Crippen LogP contribution is 2.31. The van der Waals surface area contributed by atoms with Crippen LogP contribution in [0, 0.1) is 0 Å². The molecule has 3 N–H and O–H groups in total. The molecule has 2 atom stereocenters. The van der Waals surface area contributed by atoms with Crippen LogP contribution >= 0.6 is 0 Å². The van der Waals surface area contributed by atoms with Crippen molar-refractivity contribution in [2.24, 2.45) is 0 Å². The van der Waals surface area contributed by atoms with Crippen molar-refractivity contribution in [3.63, 3.8) is 0 Å². The summed E-state index contributed by atoms with van der Waals surface area (Å²) in [7, 11) is 0. The van der Waals surface area contributed by atoms with Crippen molar-refractivity contribution in [3.05, 3.63) is 73.3 Å². The smallest absolute Gasteiger partial charge is 0.246 e. The predicted molar refractivity (Wildman–Crippen MR) is 131 cm³/mol. The molecular weight excluding hydrogens is 432 g/mol. The van der Waals surface area contributed by atoms with Gasteiger partial charge in [-0.2, -0.15) is 5.10 Å². The number of nitrogens with zero attached hydrogens (tertiary/aromatic N) is 3. The average Bonchev–Trinajstić information content (AvgIpc) is 3.32. The molecule has 3 aromatic rings. The monoisotopic (exact) mass is 462 g/mol. The number of hydrogen-bond donors (Lipinski definition) is 3. The molecule has 1 amide bonds. The van der Waals surface area contributed by atoms with Gasteiger partial charge in [-0.25, -0.2) is 4.68 Å². The fraction of sp³-hybridized carbons (Fsp3) is 0.308. The lowest BCUT2D eigenvalue weighted by atomic mass is 10.1. The molecule has 1 saturated heterocycles. The van der Waals surface area contributed by atoms with Gasteiger partial charge in [-0.05, 0) is 55.3 Å². The van der Waals surface area contributed by atoms with Crippen molar-refractivity contribution >= 4 is 11.7 Å². The summed E-state index contributed by atoms with van der Waals surface area (Å²) in [5.74, 6) is 2.13. The van der Waals surface area contributed by atoms with E-state index in [0.717, 1.165) is 41.4 Å². The fourth-order valence-corrected chi connectivity index (χ4v) is 4.03. The molecular formula is C26H30N4O4. The Hall–Kier alpha value is -3.62. The molecule has 0 aliphatic carbocycles. The number of piperidine rings is 1. The quantitative estimate of drug-likeness (QED) is 0.421. The van der Waals surface area contributed by atoms with Crippen LogP contribution in [0.2, 0.25) is 0 Å². The van der Waals surface area contributed by atoms with Gasteiger partial charge in [0.25, 0.3) is 0 Å². The minimum absolute atomic E-state index is 0.0131. The summed E-state index contributed by atoms with van der Waals surface area (Å²) in [5, 5.41) is 27.1. The van der Waals surface area contributed by atoms with Crippen molar-refractivity contribution < 1.29 is 19.7 Å². The Kier molecular flexibility index (Phi) is 7.61. The third kappa shape index (κ3) is 5.65. The van der Waals surface area contributed by atoms with E-state index < -0.39 is 6.10 Å². The second kappa shape index (κ2) is 11.0. The van der Waals surface area contributed by atoms with Crippen molar-refractivity contribution in [1.82, 2.24) is 14.7 Å². The van der Waals surface area contributed by atoms with E-state index in [4.69, 9.17) is 9.84 Å². The summed E-state index contributed by atoms with van der Waals surface area (Å²) in [6.07, 6.45) is 2.20. The van der Waals surface area contributed by atoms with Gasteiger partial charge in [0.2, 0.25) is 5.91 Å². The number of aromatic nitrogens is 2. The molecule has 1 aromatic heterocycles. The van der Waals surface area contributed by atoms with Crippen LogP contribution in [0.4, 0.5) is 5.82 Å². The molecule has 178 valence electrons. The highest BCUT2D eigenvalue weighted by molar-refractivity contribution is 5.87. The Morgan fingerprint density at radius 3 is 2.65 bits per heavy atom. The molecule has 8 nitrogen and oxygen atoms in total. The Balaban J connectivity index is 1.57. The van der Waals surface area contributed by atoms with Gasteiger partial charge in [0.15, 0.2) is 0 Å². The minimum Gasteiger partial charge on any atom is -0.457 e. The molecule has 2 aromatic carbocycles. The van der Waals surface area contributed by atoms with Gasteiger partial charge in [0.1, 0.15) is 17.3 Å². The second-order valence-electron chi connectivity index (χ2n) is 8.30. The second-order valence-corrected chi connectivity index (χ2v) is 8.30. The van der Waals surface area contributed by atoms with Crippen LogP contribution in [0.5, 0.6) is 11.5 Å². The number of carbonyl (C=O) groups excluding carboxylic acids is 1. The highest BCUT2D eigenvalue weighted by atomic mass is 16.5. The molecule has 1 fully saturated rings. The molecule has 0 saturated carbocycles. The van der Waals surface area contributed by atoms with E-state index >= 15 is 0 Å². The summed E-state index contributed by atoms with van der Waals surface area (Å²) in [5.41, 5.74) is 1.68. The van der Waals surface area contributed by atoms with Crippen LogP contribution in [0.1, 0.15) is 18.9 Å². The van der Waals surface area contributed by atoms with Crippen LogP contribution < -0.4 is 10.1 Å². The Bertz CT molecular complexity index is 1100. The molecule has 2 unspecified atom stereocenters. The largest absolute Gasteiger partial charge is 0.457 e. The Morgan fingerprint density at radius 2 is 1.94 bits per heavy atom. The number of carbonyl (C=O) groups is 1. The standard InChI is InChI=1S/C26H30N4O4/c1-2-26(33)29-14-6-7-20(17-29)30-25(27-16-21(32)18-31)15-24(28-30)19-10-12-23(13-11-19)34-22-8-4-3-5-9-22/h2-5,8-13,15,20-21,27,31-32H,1,6-7,14,16-18H2. The molecule has 8 heteroatoms. The van der Waals surface area contributed by atoms with Crippen molar-refractivity contribution in [2.45, 2.75) is 25.0 Å². The number of rotatable bonds is 9. The van der Waals surface area contributed by atoms with Gasteiger partial charge >= 0.3 is 0 Å². The number of ether oxygens (including phenoxy) is 1. The van der Waals surface area contributed by atoms with Crippen molar-refractivity contribution in [2.75, 3.05) is 31.6 Å². The molecule has 34 heavy (non-hydrogen) atoms. The van der Waals surface area contributed by atoms with Gasteiger partial charge in [0.05, 0.1) is 24.4 Å². The molecule has 1 aliphatic rings. The summed E-state index contributed by atoms with van der Waals surface area (Å²) >= 11 is 0. The van der Waals surface area contributed by atoms with Gasteiger partial charge < -0.3 is 25.2 Å². The predicted octanol–water partition coefficient (Wildman–Crippen LogP) is 3.46. The number of nitrogens with one attached hydrogen (secondary N) is 1. The van der Waals surface area contributed by atoms with Gasteiger partial charge in [-0.1, -0.05) is 24.8 Å². The maximum atomic E-state index is 12.2. The zero-order valence-corrected chi connectivity index (χ0v) is 19.0. The first-order chi connectivity index (χ1) is 16.6. The van der Waals surface area contributed by atoms with Crippen LogP contribution in [-0.2, 0) is 4.79 Å². The van der Waals surface area contributed by atoms with E-state index in [1.165, 1.54) is 6.08 Å². The summed E-state index contributed by atoms with van der Waals surface area (Å²) in [4.78, 5) is 13.9. The van der Waals surface area contributed by atoms with E-state index in [0.29, 0.717) is 13.1 Å². The SMILES string of the molecule is C=CC(=O)N1CCCC(n2nc(-c3ccc(Oc4ccccc4)cc3)cc2NCC(O)CO)C1. The third-order valence-corrected chi connectivity index (χ3v) is 5.82. The highest BCUT2D eigenvalue weighted by Gasteiger charge is 2.26. The third-order valence-electron chi connectivity index (χ3n) is 5.82. The first-order valence-electron chi connectivity index (χ1n) is 11.4. The Labute approximate surface area is 199 Å². The summed E-state index contributed by atoms with van der Waals surface area (Å²) in [6.45, 7) is 4.69. The zero-order valence-electron chi connectivity index (χ0n) is 19.0. The number of likely N-dealkylation sites (tertiary alicyclic amines) is 1. The molecule has 2 heterocycles. The van der Waals surface area contributed by atoms with Crippen LogP contribution in [-0.4, -0.2) is 63.1 Å². The Morgan fingerprint density at radius 1 is 1.21 bits per heavy atom. The molecule has 0 spiro atoms. The van der Waals surface area contributed by atoms with E-state index in [-0.39, 0.29) is 25.1 Å². The van der Waals surface area contributed by atoms with Crippen LogP contribution in [0.15, 0.2) is 73.3 Å². The molecule has 0 bridgehead atoms. The van der Waals surface area contributed by atoms with E-state index in [9.17, 15) is 15.0 Å². The van der Waals surface area contributed by atoms with E-state index in [2.05, 4.69) is 11.9 Å². The first kappa shape index (κ1) is 23.5. The maximum absolute atomic E-state index is 12.2. The first-order valence-corrected chi connectivity index (χ1v) is 11.4. The van der Waals surface area contributed by atoms with E-state index in [1.807, 2.05) is 65.3 Å². The fourth-order valence-electron chi connectivity index (χ4n) is 4.03. The zero-order chi connectivity index (χ0) is 23.9. The number of amides is 1. The lowest BCUT2D eigenvalue weighted by molar-refractivity contribution is -0.127. The minimum atomic E-state index is -0.883.